The van der Waals surface area contributed by atoms with Crippen LogP contribution < -0.4 is 10.6 Å². The van der Waals surface area contributed by atoms with Crippen molar-refractivity contribution in [3.05, 3.63) is 34.6 Å². The molecule has 0 bridgehead atoms. The van der Waals surface area contributed by atoms with Crippen molar-refractivity contribution >= 4 is 17.6 Å². The molecule has 0 saturated carbocycles. The lowest BCUT2D eigenvalue weighted by atomic mass is 10.1. The fraction of sp³-hybridized carbons (Fsp3) is 0.533. The van der Waals surface area contributed by atoms with Gasteiger partial charge in [-0.3, -0.25) is 4.99 Å². The number of ether oxygens (including phenoxy) is 1. The molecule has 0 aliphatic heterocycles. The van der Waals surface area contributed by atoms with E-state index in [1.807, 2.05) is 6.92 Å². The molecular formula is C15H23ClFN3O. The van der Waals surface area contributed by atoms with Crippen LogP contribution in [0.2, 0.25) is 5.02 Å². The van der Waals surface area contributed by atoms with Gasteiger partial charge >= 0.3 is 0 Å². The summed E-state index contributed by atoms with van der Waals surface area (Å²) in [4.78, 5) is 4.44. The summed E-state index contributed by atoms with van der Waals surface area (Å²) < 4.78 is 18.0. The van der Waals surface area contributed by atoms with Crippen LogP contribution in [0.5, 0.6) is 0 Å². The molecule has 0 aromatic heterocycles. The third-order valence-electron chi connectivity index (χ3n) is 2.82. The van der Waals surface area contributed by atoms with E-state index < -0.39 is 0 Å². The molecule has 0 amide bonds. The van der Waals surface area contributed by atoms with Crippen LogP contribution in [0.15, 0.2) is 23.2 Å². The molecule has 0 radical (unpaired) electrons. The Morgan fingerprint density at radius 1 is 1.38 bits per heavy atom. The number of rotatable bonds is 8. The molecule has 0 aliphatic carbocycles. The highest BCUT2D eigenvalue weighted by Gasteiger charge is 2.03. The van der Waals surface area contributed by atoms with E-state index in [9.17, 15) is 4.39 Å². The Bertz CT molecular complexity index is 455. The summed E-state index contributed by atoms with van der Waals surface area (Å²) in [7, 11) is 1.68. The molecule has 1 aromatic carbocycles. The number of benzene rings is 1. The lowest BCUT2D eigenvalue weighted by Gasteiger charge is -2.11. The molecule has 0 saturated heterocycles. The smallest absolute Gasteiger partial charge is 0.191 e. The van der Waals surface area contributed by atoms with Crippen LogP contribution in [-0.4, -0.2) is 39.3 Å². The van der Waals surface area contributed by atoms with Crippen molar-refractivity contribution in [3.8, 4) is 0 Å². The molecule has 0 unspecified atom stereocenters. The summed E-state index contributed by atoms with van der Waals surface area (Å²) in [5.41, 5.74) is 0.917. The van der Waals surface area contributed by atoms with Gasteiger partial charge < -0.3 is 15.4 Å². The van der Waals surface area contributed by atoms with Gasteiger partial charge in [-0.05, 0) is 37.5 Å². The Morgan fingerprint density at radius 2 is 2.19 bits per heavy atom. The molecule has 118 valence electrons. The number of methoxy groups -OCH3 is 1. The van der Waals surface area contributed by atoms with E-state index in [-0.39, 0.29) is 5.82 Å². The van der Waals surface area contributed by atoms with Gasteiger partial charge in [0.05, 0.1) is 0 Å². The zero-order valence-electron chi connectivity index (χ0n) is 12.6. The lowest BCUT2D eigenvalue weighted by Crippen LogP contribution is -2.38. The highest BCUT2D eigenvalue weighted by molar-refractivity contribution is 6.31. The standard InChI is InChI=1S/C15H23ClFN3O/c1-3-18-15(19-8-4-10-21-2)20-9-7-12-5-6-13(17)11-14(12)16/h5-6,11H,3-4,7-10H2,1-2H3,(H2,18,19,20). The zero-order valence-corrected chi connectivity index (χ0v) is 13.3. The second-order valence-electron chi connectivity index (χ2n) is 4.52. The van der Waals surface area contributed by atoms with Crippen LogP contribution in [0.1, 0.15) is 18.9 Å². The first kappa shape index (κ1) is 17.7. The van der Waals surface area contributed by atoms with Crippen LogP contribution in [0.3, 0.4) is 0 Å². The minimum atomic E-state index is -0.315. The molecular weight excluding hydrogens is 293 g/mol. The molecule has 1 aromatic rings. The van der Waals surface area contributed by atoms with Gasteiger partial charge in [-0.2, -0.15) is 0 Å². The predicted octanol–water partition coefficient (Wildman–Crippen LogP) is 2.61. The Kier molecular flexibility index (Phi) is 8.78. The Hall–Kier alpha value is -1.33. The second kappa shape index (κ2) is 10.4. The molecule has 0 fully saturated rings. The molecule has 0 heterocycles. The number of hydrogen-bond donors (Lipinski definition) is 2. The molecule has 2 N–H and O–H groups in total. The average molecular weight is 316 g/mol. The van der Waals surface area contributed by atoms with Crippen molar-refractivity contribution in [3.63, 3.8) is 0 Å². The van der Waals surface area contributed by atoms with Crippen LogP contribution in [-0.2, 0) is 11.2 Å². The van der Waals surface area contributed by atoms with Crippen LogP contribution >= 0.6 is 11.6 Å². The first-order valence-electron chi connectivity index (χ1n) is 7.12. The summed E-state index contributed by atoms with van der Waals surface area (Å²) in [5, 5.41) is 6.87. The molecule has 0 spiro atoms. The van der Waals surface area contributed by atoms with Crippen molar-refractivity contribution in [2.45, 2.75) is 19.8 Å². The normalized spacial score (nSPS) is 11.5. The van der Waals surface area contributed by atoms with Gasteiger partial charge in [-0.15, -0.1) is 0 Å². The highest BCUT2D eigenvalue weighted by Crippen LogP contribution is 2.17. The number of nitrogens with zero attached hydrogens (tertiary/aromatic N) is 1. The van der Waals surface area contributed by atoms with Crippen molar-refractivity contribution in [2.75, 3.05) is 33.4 Å². The first-order valence-corrected chi connectivity index (χ1v) is 7.50. The highest BCUT2D eigenvalue weighted by atomic mass is 35.5. The summed E-state index contributed by atoms with van der Waals surface area (Å²) in [6.07, 6.45) is 1.60. The zero-order chi connectivity index (χ0) is 15.5. The van der Waals surface area contributed by atoms with Crippen molar-refractivity contribution in [2.24, 2.45) is 4.99 Å². The summed E-state index contributed by atoms with van der Waals surface area (Å²) in [5.74, 6) is 0.455. The average Bonchev–Trinajstić information content (AvgIpc) is 2.45. The molecule has 4 nitrogen and oxygen atoms in total. The van der Waals surface area contributed by atoms with Crippen molar-refractivity contribution < 1.29 is 9.13 Å². The quantitative estimate of drug-likeness (QED) is 0.440. The largest absolute Gasteiger partial charge is 0.385 e. The number of nitrogens with one attached hydrogen (secondary N) is 2. The molecule has 6 heteroatoms. The fourth-order valence-electron chi connectivity index (χ4n) is 1.78. The predicted molar refractivity (Wildman–Crippen MR) is 85.6 cm³/mol. The minimum absolute atomic E-state index is 0.315. The first-order chi connectivity index (χ1) is 10.2. The van der Waals surface area contributed by atoms with E-state index in [1.165, 1.54) is 12.1 Å². The maximum absolute atomic E-state index is 13.0. The van der Waals surface area contributed by atoms with E-state index in [2.05, 4.69) is 15.6 Å². The SMILES string of the molecule is CCNC(=NCCCOC)NCCc1ccc(F)cc1Cl. The topological polar surface area (TPSA) is 45.7 Å². The molecule has 21 heavy (non-hydrogen) atoms. The van der Waals surface area contributed by atoms with Gasteiger partial charge in [-0.25, -0.2) is 4.39 Å². The van der Waals surface area contributed by atoms with Gasteiger partial charge in [0, 0.05) is 38.4 Å². The van der Waals surface area contributed by atoms with Crippen LogP contribution in [0.25, 0.3) is 0 Å². The molecule has 1 rings (SSSR count). The third kappa shape index (κ3) is 7.29. The van der Waals surface area contributed by atoms with E-state index in [0.29, 0.717) is 31.1 Å². The van der Waals surface area contributed by atoms with E-state index in [4.69, 9.17) is 16.3 Å². The van der Waals surface area contributed by atoms with Gasteiger partial charge in [0.15, 0.2) is 5.96 Å². The van der Waals surface area contributed by atoms with Gasteiger partial charge in [0.2, 0.25) is 0 Å². The maximum Gasteiger partial charge on any atom is 0.191 e. The van der Waals surface area contributed by atoms with E-state index in [1.54, 1.807) is 13.2 Å². The van der Waals surface area contributed by atoms with Crippen molar-refractivity contribution in [1.82, 2.24) is 10.6 Å². The minimum Gasteiger partial charge on any atom is -0.385 e. The van der Waals surface area contributed by atoms with Crippen molar-refractivity contribution in [1.29, 1.82) is 0 Å². The molecule has 0 aliphatic rings. The maximum atomic E-state index is 13.0. The number of halogens is 2. The van der Waals surface area contributed by atoms with Crippen LogP contribution in [0, 0.1) is 5.82 Å². The second-order valence-corrected chi connectivity index (χ2v) is 4.93. The Morgan fingerprint density at radius 3 is 2.86 bits per heavy atom. The number of aliphatic imine (C=N–C) groups is 1. The number of hydrogen-bond acceptors (Lipinski definition) is 2. The summed E-state index contributed by atoms with van der Waals surface area (Å²) in [6.45, 7) is 4.91. The third-order valence-corrected chi connectivity index (χ3v) is 3.17. The lowest BCUT2D eigenvalue weighted by molar-refractivity contribution is 0.197. The summed E-state index contributed by atoms with van der Waals surface area (Å²) in [6, 6.07) is 4.47. The monoisotopic (exact) mass is 315 g/mol. The van der Waals surface area contributed by atoms with E-state index in [0.717, 1.165) is 24.5 Å². The molecule has 0 atom stereocenters. The van der Waals surface area contributed by atoms with Gasteiger partial charge in [0.1, 0.15) is 5.82 Å². The Labute approximate surface area is 130 Å². The fourth-order valence-corrected chi connectivity index (χ4v) is 2.04. The van der Waals surface area contributed by atoms with Crippen LogP contribution in [0.4, 0.5) is 4.39 Å². The number of guanidine groups is 1. The van der Waals surface area contributed by atoms with E-state index >= 15 is 0 Å². The van der Waals surface area contributed by atoms with Gasteiger partial charge in [-0.1, -0.05) is 17.7 Å². The van der Waals surface area contributed by atoms with Gasteiger partial charge in [0.25, 0.3) is 0 Å². The summed E-state index contributed by atoms with van der Waals surface area (Å²) >= 11 is 6.00. The Balaban J connectivity index is 2.42.